The van der Waals surface area contributed by atoms with Crippen molar-refractivity contribution in [2.24, 2.45) is 0 Å². The fraction of sp³-hybridized carbons (Fsp3) is 0.400. The third-order valence-electron chi connectivity index (χ3n) is 4.79. The van der Waals surface area contributed by atoms with Crippen LogP contribution in [-0.4, -0.2) is 48.6 Å². The molecule has 142 valence electrons. The van der Waals surface area contributed by atoms with Gasteiger partial charge in [0.25, 0.3) is 5.91 Å². The summed E-state index contributed by atoms with van der Waals surface area (Å²) in [6.45, 7) is 7.16. The van der Waals surface area contributed by atoms with E-state index in [1.54, 1.807) is 25.1 Å². The summed E-state index contributed by atoms with van der Waals surface area (Å²) < 4.78 is 16.8. The third-order valence-corrected chi connectivity index (χ3v) is 4.79. The average molecular weight is 369 g/mol. The molecule has 1 N–H and O–H groups in total. The Labute approximate surface area is 157 Å². The molecule has 0 aliphatic carbocycles. The van der Waals surface area contributed by atoms with Crippen LogP contribution in [0.3, 0.4) is 0 Å². The van der Waals surface area contributed by atoms with E-state index in [1.165, 1.54) is 0 Å². The third kappa shape index (κ3) is 3.89. The van der Waals surface area contributed by atoms with Crippen molar-refractivity contribution >= 4 is 17.0 Å². The molecule has 0 radical (unpaired) electrons. The maximum atomic E-state index is 12.7. The number of amides is 1. The standard InChI is InChI=1S/C20H23N3O4/c1-13-3-6-18(26-13)17(23-7-9-25-10-8-23)12-21-20(24)15-4-5-16-19(11-15)27-14(2)22-16/h3-6,11,17H,7-10,12H2,1-2H3,(H,21,24)/t17-/m0/s1. The number of oxazole rings is 1. The van der Waals surface area contributed by atoms with Gasteiger partial charge in [0.05, 0.1) is 19.3 Å². The molecule has 7 nitrogen and oxygen atoms in total. The molecule has 3 heterocycles. The lowest BCUT2D eigenvalue weighted by Crippen LogP contribution is -2.43. The van der Waals surface area contributed by atoms with E-state index in [9.17, 15) is 4.79 Å². The van der Waals surface area contributed by atoms with Crippen LogP contribution in [0, 0.1) is 13.8 Å². The number of aryl methyl sites for hydroxylation is 2. The predicted molar refractivity (Wildman–Crippen MR) is 99.7 cm³/mol. The van der Waals surface area contributed by atoms with Crippen LogP contribution >= 0.6 is 0 Å². The molecule has 1 amide bonds. The van der Waals surface area contributed by atoms with Gasteiger partial charge in [-0.2, -0.15) is 0 Å². The van der Waals surface area contributed by atoms with Gasteiger partial charge in [-0.1, -0.05) is 0 Å². The second-order valence-corrected chi connectivity index (χ2v) is 6.74. The van der Waals surface area contributed by atoms with Crippen LogP contribution in [0.1, 0.15) is 33.8 Å². The van der Waals surface area contributed by atoms with Crippen LogP contribution in [-0.2, 0) is 4.74 Å². The molecule has 0 saturated carbocycles. The van der Waals surface area contributed by atoms with Gasteiger partial charge in [-0.25, -0.2) is 4.98 Å². The van der Waals surface area contributed by atoms with E-state index in [0.29, 0.717) is 36.8 Å². The zero-order valence-corrected chi connectivity index (χ0v) is 15.5. The highest BCUT2D eigenvalue weighted by Gasteiger charge is 2.26. The van der Waals surface area contributed by atoms with Crippen LogP contribution in [0.4, 0.5) is 0 Å². The number of morpholine rings is 1. The molecule has 1 aliphatic heterocycles. The number of benzene rings is 1. The number of hydrogen-bond donors (Lipinski definition) is 1. The first-order chi connectivity index (χ1) is 13.1. The quantitative estimate of drug-likeness (QED) is 0.745. The number of hydrogen-bond acceptors (Lipinski definition) is 6. The van der Waals surface area contributed by atoms with Gasteiger partial charge >= 0.3 is 0 Å². The summed E-state index contributed by atoms with van der Waals surface area (Å²) >= 11 is 0. The number of carbonyl (C=O) groups is 1. The second kappa shape index (κ2) is 7.54. The van der Waals surface area contributed by atoms with Crippen molar-refractivity contribution in [3.63, 3.8) is 0 Å². The smallest absolute Gasteiger partial charge is 0.251 e. The average Bonchev–Trinajstić information content (AvgIpc) is 3.26. The molecule has 1 aliphatic rings. The normalized spacial score (nSPS) is 16.5. The molecule has 4 rings (SSSR count). The monoisotopic (exact) mass is 369 g/mol. The summed E-state index contributed by atoms with van der Waals surface area (Å²) in [7, 11) is 0. The topological polar surface area (TPSA) is 80.7 Å². The van der Waals surface area contributed by atoms with Crippen molar-refractivity contribution in [2.75, 3.05) is 32.8 Å². The van der Waals surface area contributed by atoms with E-state index in [4.69, 9.17) is 13.6 Å². The highest BCUT2D eigenvalue weighted by molar-refractivity contribution is 5.97. The molecule has 0 spiro atoms. The molecule has 27 heavy (non-hydrogen) atoms. The molecule has 0 unspecified atom stereocenters. The largest absolute Gasteiger partial charge is 0.465 e. The SMILES string of the molecule is Cc1ccc([C@H](CNC(=O)c2ccc3nc(C)oc3c2)N2CCOCC2)o1. The van der Waals surface area contributed by atoms with E-state index in [2.05, 4.69) is 15.2 Å². The van der Waals surface area contributed by atoms with Crippen LogP contribution in [0.15, 0.2) is 39.2 Å². The molecule has 2 aromatic heterocycles. The van der Waals surface area contributed by atoms with Crippen LogP contribution in [0.2, 0.25) is 0 Å². The van der Waals surface area contributed by atoms with E-state index < -0.39 is 0 Å². The van der Waals surface area contributed by atoms with Crippen molar-refractivity contribution in [1.82, 2.24) is 15.2 Å². The highest BCUT2D eigenvalue weighted by Crippen LogP contribution is 2.24. The molecule has 7 heteroatoms. The Morgan fingerprint density at radius 1 is 1.19 bits per heavy atom. The summed E-state index contributed by atoms with van der Waals surface area (Å²) in [6, 6.07) is 9.19. The molecule has 1 fully saturated rings. The zero-order valence-electron chi connectivity index (χ0n) is 15.5. The summed E-state index contributed by atoms with van der Waals surface area (Å²) in [5.74, 6) is 2.16. The van der Waals surface area contributed by atoms with Crippen LogP contribution in [0.5, 0.6) is 0 Å². The number of ether oxygens (including phenoxy) is 1. The fourth-order valence-corrected chi connectivity index (χ4v) is 3.40. The number of rotatable bonds is 5. The maximum Gasteiger partial charge on any atom is 0.251 e. The summed E-state index contributed by atoms with van der Waals surface area (Å²) in [5.41, 5.74) is 1.92. The number of nitrogens with zero attached hydrogens (tertiary/aromatic N) is 2. The summed E-state index contributed by atoms with van der Waals surface area (Å²) in [4.78, 5) is 19.2. The molecular weight excluding hydrogens is 346 g/mol. The lowest BCUT2D eigenvalue weighted by molar-refractivity contribution is 0.0117. The minimum atomic E-state index is -0.146. The number of nitrogens with one attached hydrogen (secondary N) is 1. The molecule has 3 aromatic rings. The lowest BCUT2D eigenvalue weighted by Gasteiger charge is -2.33. The number of furan rings is 1. The molecule has 0 bridgehead atoms. The van der Waals surface area contributed by atoms with Gasteiger partial charge in [-0.3, -0.25) is 9.69 Å². The Bertz CT molecular complexity index is 940. The zero-order chi connectivity index (χ0) is 18.8. The summed E-state index contributed by atoms with van der Waals surface area (Å²) in [5, 5.41) is 3.03. The van der Waals surface area contributed by atoms with Gasteiger partial charge < -0.3 is 18.9 Å². The van der Waals surface area contributed by atoms with E-state index in [0.717, 1.165) is 30.1 Å². The first-order valence-corrected chi connectivity index (χ1v) is 9.14. The van der Waals surface area contributed by atoms with Crippen molar-refractivity contribution < 1.29 is 18.4 Å². The molecular formula is C20H23N3O4. The highest BCUT2D eigenvalue weighted by atomic mass is 16.5. The van der Waals surface area contributed by atoms with E-state index in [-0.39, 0.29) is 11.9 Å². The maximum absolute atomic E-state index is 12.7. The van der Waals surface area contributed by atoms with Gasteiger partial charge in [-0.05, 0) is 37.3 Å². The Kier molecular flexibility index (Phi) is 4.96. The lowest BCUT2D eigenvalue weighted by atomic mass is 10.1. The van der Waals surface area contributed by atoms with Crippen LogP contribution in [0.25, 0.3) is 11.1 Å². The van der Waals surface area contributed by atoms with Crippen molar-refractivity contribution in [3.8, 4) is 0 Å². The predicted octanol–water partition coefficient (Wildman–Crippen LogP) is 2.84. The Morgan fingerprint density at radius 3 is 2.74 bits per heavy atom. The second-order valence-electron chi connectivity index (χ2n) is 6.74. The molecule has 1 saturated heterocycles. The van der Waals surface area contributed by atoms with Gasteiger partial charge in [-0.15, -0.1) is 0 Å². The van der Waals surface area contributed by atoms with Crippen molar-refractivity contribution in [3.05, 3.63) is 53.3 Å². The van der Waals surface area contributed by atoms with Crippen molar-refractivity contribution in [2.45, 2.75) is 19.9 Å². The van der Waals surface area contributed by atoms with Gasteiger partial charge in [0.2, 0.25) is 0 Å². The van der Waals surface area contributed by atoms with E-state index in [1.807, 2.05) is 19.1 Å². The van der Waals surface area contributed by atoms with Gasteiger partial charge in [0.15, 0.2) is 11.5 Å². The number of carbonyl (C=O) groups excluding carboxylic acids is 1. The Balaban J connectivity index is 1.49. The fourth-order valence-electron chi connectivity index (χ4n) is 3.40. The molecule has 1 atom stereocenters. The number of aromatic nitrogens is 1. The first kappa shape index (κ1) is 17.8. The molecule has 1 aromatic carbocycles. The van der Waals surface area contributed by atoms with Crippen LogP contribution < -0.4 is 5.32 Å². The number of fused-ring (bicyclic) bond motifs is 1. The Morgan fingerprint density at radius 2 is 2.00 bits per heavy atom. The first-order valence-electron chi connectivity index (χ1n) is 9.14. The van der Waals surface area contributed by atoms with Gasteiger partial charge in [0.1, 0.15) is 17.0 Å². The van der Waals surface area contributed by atoms with Crippen molar-refractivity contribution in [1.29, 1.82) is 0 Å². The summed E-state index contributed by atoms with van der Waals surface area (Å²) in [6.07, 6.45) is 0. The van der Waals surface area contributed by atoms with Gasteiger partial charge in [0, 0.05) is 32.1 Å². The minimum Gasteiger partial charge on any atom is -0.465 e. The van der Waals surface area contributed by atoms with E-state index >= 15 is 0 Å². The minimum absolute atomic E-state index is 0.0252. The Hall–Kier alpha value is -2.64.